The van der Waals surface area contributed by atoms with Crippen LogP contribution in [-0.2, 0) is 23.9 Å². The normalized spacial score (nSPS) is 10.2. The molecule has 8 nitrogen and oxygen atoms in total. The number of ether oxygens (including phenoxy) is 2. The summed E-state index contributed by atoms with van der Waals surface area (Å²) in [5.41, 5.74) is 1.12. The van der Waals surface area contributed by atoms with Crippen molar-refractivity contribution in [1.82, 2.24) is 0 Å². The molecule has 0 atom stereocenters. The van der Waals surface area contributed by atoms with E-state index >= 15 is 0 Å². The molecule has 10 heteroatoms. The lowest BCUT2D eigenvalue weighted by atomic mass is 10.2. The lowest BCUT2D eigenvalue weighted by Crippen LogP contribution is -2.22. The van der Waals surface area contributed by atoms with Gasteiger partial charge in [-0.1, -0.05) is 36.2 Å². The Hall–Kier alpha value is -3.10. The molecule has 0 saturated carbocycles. The summed E-state index contributed by atoms with van der Waals surface area (Å²) in [6, 6.07) is 10.9. The van der Waals surface area contributed by atoms with Crippen LogP contribution in [0, 0.1) is 0 Å². The molecule has 32 heavy (non-hydrogen) atoms. The zero-order valence-corrected chi connectivity index (χ0v) is 18.8. The second kappa shape index (κ2) is 12.7. The Bertz CT molecular complexity index is 979. The minimum Gasteiger partial charge on any atom is -0.462 e. The second-order valence-electron chi connectivity index (χ2n) is 6.57. The lowest BCUT2D eigenvalue weighted by Gasteiger charge is -2.09. The number of hydrogen-bond donors (Lipinski definition) is 2. The van der Waals surface area contributed by atoms with E-state index in [2.05, 4.69) is 10.6 Å². The summed E-state index contributed by atoms with van der Waals surface area (Å²) < 4.78 is 9.90. The maximum Gasteiger partial charge on any atom is 0.338 e. The molecule has 2 aromatic carbocycles. The second-order valence-corrected chi connectivity index (χ2v) is 7.36. The van der Waals surface area contributed by atoms with Gasteiger partial charge in [-0.05, 0) is 42.8 Å². The van der Waals surface area contributed by atoms with Gasteiger partial charge in [0.1, 0.15) is 0 Å². The van der Waals surface area contributed by atoms with E-state index in [4.69, 9.17) is 32.7 Å². The molecule has 0 aromatic heterocycles. The van der Waals surface area contributed by atoms with Crippen LogP contribution in [0.2, 0.25) is 10.0 Å². The van der Waals surface area contributed by atoms with E-state index in [9.17, 15) is 19.2 Å². The van der Waals surface area contributed by atoms with E-state index in [1.165, 1.54) is 24.3 Å². The van der Waals surface area contributed by atoms with Crippen LogP contribution in [0.3, 0.4) is 0 Å². The quantitative estimate of drug-likeness (QED) is 0.485. The highest BCUT2D eigenvalue weighted by Crippen LogP contribution is 2.29. The van der Waals surface area contributed by atoms with E-state index in [-0.39, 0.29) is 17.9 Å². The van der Waals surface area contributed by atoms with E-state index in [1.54, 1.807) is 18.2 Å². The number of halogens is 2. The number of esters is 2. The Balaban J connectivity index is 1.71. The first-order valence-electron chi connectivity index (χ1n) is 9.76. The number of hydrogen-bond acceptors (Lipinski definition) is 6. The highest BCUT2D eigenvalue weighted by atomic mass is 35.5. The topological polar surface area (TPSA) is 111 Å². The first-order valence-corrected chi connectivity index (χ1v) is 10.5. The summed E-state index contributed by atoms with van der Waals surface area (Å²) in [5, 5.41) is 5.59. The predicted octanol–water partition coefficient (Wildman–Crippen LogP) is 4.46. The van der Waals surface area contributed by atoms with Crippen molar-refractivity contribution in [3.8, 4) is 0 Å². The first-order chi connectivity index (χ1) is 15.3. The average Bonchev–Trinajstić information content (AvgIpc) is 2.78. The summed E-state index contributed by atoms with van der Waals surface area (Å²) in [4.78, 5) is 47.5. The number of nitrogens with one attached hydrogen (secondary N) is 2. The fraction of sp³-hybridized carbons (Fsp3) is 0.273. The number of benzene rings is 2. The maximum absolute atomic E-state index is 12.0. The van der Waals surface area contributed by atoms with Gasteiger partial charge in [0, 0.05) is 12.1 Å². The number of anilines is 2. The van der Waals surface area contributed by atoms with Crippen LogP contribution in [0.15, 0.2) is 42.5 Å². The van der Waals surface area contributed by atoms with Crippen LogP contribution in [0.1, 0.15) is 36.5 Å². The predicted molar refractivity (Wildman–Crippen MR) is 121 cm³/mol. The Labute approximate surface area is 195 Å². The van der Waals surface area contributed by atoms with Gasteiger partial charge in [0.05, 0.1) is 34.3 Å². The fourth-order valence-electron chi connectivity index (χ4n) is 2.41. The van der Waals surface area contributed by atoms with Gasteiger partial charge in [0.25, 0.3) is 5.91 Å². The average molecular weight is 481 g/mol. The largest absolute Gasteiger partial charge is 0.462 e. The van der Waals surface area contributed by atoms with E-state index in [1.807, 2.05) is 6.92 Å². The number of rotatable bonds is 10. The van der Waals surface area contributed by atoms with Gasteiger partial charge in [0.2, 0.25) is 5.91 Å². The molecular weight excluding hydrogens is 459 g/mol. The van der Waals surface area contributed by atoms with Crippen molar-refractivity contribution < 1.29 is 28.7 Å². The Morgan fingerprint density at radius 1 is 0.875 bits per heavy atom. The maximum atomic E-state index is 12.0. The molecule has 0 spiro atoms. The fourth-order valence-corrected chi connectivity index (χ4v) is 2.76. The molecule has 0 radical (unpaired) electrons. The van der Waals surface area contributed by atoms with Gasteiger partial charge >= 0.3 is 11.9 Å². The molecule has 0 aliphatic rings. The standard InChI is InChI=1S/C22H22Cl2N2O6/c1-2-12-31-22(30)14-6-8-15(9-7-14)25-19(28)13-32-20(29)11-10-18(27)26-17-5-3-4-16(23)21(17)24/h3-9H,2,10-13H2,1H3,(H,25,28)(H,26,27). The molecule has 2 amide bonds. The Morgan fingerprint density at radius 3 is 2.28 bits per heavy atom. The molecule has 170 valence electrons. The van der Waals surface area contributed by atoms with E-state index in [0.717, 1.165) is 6.42 Å². The minimum atomic E-state index is -0.707. The Morgan fingerprint density at radius 2 is 1.59 bits per heavy atom. The molecule has 0 saturated heterocycles. The zero-order chi connectivity index (χ0) is 23.5. The van der Waals surface area contributed by atoms with E-state index < -0.39 is 30.4 Å². The third kappa shape index (κ3) is 8.20. The van der Waals surface area contributed by atoms with Crippen molar-refractivity contribution in [3.63, 3.8) is 0 Å². The third-order valence-corrected chi connectivity index (χ3v) is 4.81. The van der Waals surface area contributed by atoms with Crippen LogP contribution in [0.4, 0.5) is 11.4 Å². The van der Waals surface area contributed by atoms with Gasteiger partial charge in [-0.2, -0.15) is 0 Å². The molecule has 2 rings (SSSR count). The molecule has 0 fully saturated rings. The van der Waals surface area contributed by atoms with Gasteiger partial charge < -0.3 is 20.1 Å². The van der Waals surface area contributed by atoms with Crippen molar-refractivity contribution >= 4 is 58.3 Å². The molecule has 0 unspecified atom stereocenters. The summed E-state index contributed by atoms with van der Waals surface area (Å²) in [7, 11) is 0. The number of carbonyl (C=O) groups excluding carboxylic acids is 4. The molecule has 2 aromatic rings. The van der Waals surface area contributed by atoms with Gasteiger partial charge in [0.15, 0.2) is 6.61 Å². The smallest absolute Gasteiger partial charge is 0.338 e. The summed E-state index contributed by atoms with van der Waals surface area (Å²) >= 11 is 11.9. The summed E-state index contributed by atoms with van der Waals surface area (Å²) in [6.45, 7) is 1.71. The monoisotopic (exact) mass is 480 g/mol. The number of amides is 2. The SMILES string of the molecule is CCCOC(=O)c1ccc(NC(=O)COC(=O)CCC(=O)Nc2cccc(Cl)c2Cl)cc1. The molecule has 2 N–H and O–H groups in total. The van der Waals surface area contributed by atoms with Crippen molar-refractivity contribution in [2.75, 3.05) is 23.8 Å². The van der Waals surface area contributed by atoms with Crippen molar-refractivity contribution in [1.29, 1.82) is 0 Å². The summed E-state index contributed by atoms with van der Waals surface area (Å²) in [6.07, 6.45) is 0.351. The zero-order valence-electron chi connectivity index (χ0n) is 17.3. The number of carbonyl (C=O) groups is 4. The van der Waals surface area contributed by atoms with Crippen LogP contribution < -0.4 is 10.6 Å². The highest BCUT2D eigenvalue weighted by molar-refractivity contribution is 6.44. The molecule has 0 heterocycles. The summed E-state index contributed by atoms with van der Waals surface area (Å²) in [5.74, 6) is -2.16. The molecular formula is C22H22Cl2N2O6. The van der Waals surface area contributed by atoms with Gasteiger partial charge in [-0.25, -0.2) is 4.79 Å². The Kier molecular flexibility index (Phi) is 9.97. The van der Waals surface area contributed by atoms with E-state index in [0.29, 0.717) is 28.6 Å². The minimum absolute atomic E-state index is 0.154. The van der Waals surface area contributed by atoms with Crippen molar-refractivity contribution in [2.24, 2.45) is 0 Å². The van der Waals surface area contributed by atoms with Crippen LogP contribution >= 0.6 is 23.2 Å². The molecule has 0 aliphatic carbocycles. The van der Waals surface area contributed by atoms with Crippen LogP contribution in [0.25, 0.3) is 0 Å². The third-order valence-electron chi connectivity index (χ3n) is 3.99. The van der Waals surface area contributed by atoms with Crippen LogP contribution in [0.5, 0.6) is 0 Å². The molecule has 0 bridgehead atoms. The van der Waals surface area contributed by atoms with Crippen molar-refractivity contribution in [3.05, 3.63) is 58.1 Å². The molecule has 0 aliphatic heterocycles. The van der Waals surface area contributed by atoms with Gasteiger partial charge in [-0.15, -0.1) is 0 Å². The highest BCUT2D eigenvalue weighted by Gasteiger charge is 2.13. The first kappa shape index (κ1) is 25.2. The van der Waals surface area contributed by atoms with Gasteiger partial charge in [-0.3, -0.25) is 14.4 Å². The van der Waals surface area contributed by atoms with Crippen LogP contribution in [-0.4, -0.2) is 37.0 Å². The van der Waals surface area contributed by atoms with Crippen molar-refractivity contribution in [2.45, 2.75) is 26.2 Å². The lowest BCUT2D eigenvalue weighted by molar-refractivity contribution is -0.147.